The first-order valence-electron chi connectivity index (χ1n) is 11.3. The van der Waals surface area contributed by atoms with E-state index in [2.05, 4.69) is 15.3 Å². The van der Waals surface area contributed by atoms with Crippen molar-refractivity contribution in [3.05, 3.63) is 93.9 Å². The number of alkyl halides is 2. The maximum atomic E-state index is 14.1. The number of amides is 1. The highest BCUT2D eigenvalue weighted by molar-refractivity contribution is 6.02. The van der Waals surface area contributed by atoms with Crippen LogP contribution in [0.2, 0.25) is 0 Å². The number of imidazole rings is 1. The van der Waals surface area contributed by atoms with E-state index in [1.807, 2.05) is 38.1 Å². The van der Waals surface area contributed by atoms with E-state index in [-0.39, 0.29) is 29.2 Å². The SMILES string of the molecule is CCC(F)(F)c1cccc(NC(=O)c2c(C)[nH]c(-c3cccc(-c4c(C)cccc4C)n3)[n+]2[O-])c1. The van der Waals surface area contributed by atoms with Crippen LogP contribution in [0, 0.1) is 26.0 Å². The van der Waals surface area contributed by atoms with Gasteiger partial charge in [-0.15, -0.1) is 0 Å². The maximum Gasteiger partial charge on any atom is 0.309 e. The molecule has 0 saturated heterocycles. The molecular weight excluding hydrogens is 450 g/mol. The van der Waals surface area contributed by atoms with Crippen molar-refractivity contribution < 1.29 is 18.3 Å². The number of aryl methyl sites for hydroxylation is 3. The van der Waals surface area contributed by atoms with Crippen LogP contribution in [0.25, 0.3) is 22.8 Å². The van der Waals surface area contributed by atoms with E-state index in [1.165, 1.54) is 31.2 Å². The van der Waals surface area contributed by atoms with Gasteiger partial charge in [0, 0.05) is 30.2 Å². The molecule has 2 aromatic heterocycles. The third-order valence-corrected chi connectivity index (χ3v) is 6.00. The normalized spacial score (nSPS) is 11.5. The van der Waals surface area contributed by atoms with Crippen LogP contribution >= 0.6 is 0 Å². The Balaban J connectivity index is 1.67. The third-order valence-electron chi connectivity index (χ3n) is 6.00. The van der Waals surface area contributed by atoms with Gasteiger partial charge >= 0.3 is 5.82 Å². The summed E-state index contributed by atoms with van der Waals surface area (Å²) < 4.78 is 28.6. The Kier molecular flexibility index (Phi) is 6.39. The van der Waals surface area contributed by atoms with E-state index in [0.29, 0.717) is 21.8 Å². The Hall–Kier alpha value is -4.07. The fraction of sp³-hybridized carbons (Fsp3) is 0.222. The maximum absolute atomic E-state index is 14.1. The molecule has 0 bridgehead atoms. The number of carbonyl (C=O) groups excluding carboxylic acids is 1. The minimum absolute atomic E-state index is 0.118. The Labute approximate surface area is 202 Å². The lowest BCUT2D eigenvalue weighted by Crippen LogP contribution is -2.36. The molecule has 35 heavy (non-hydrogen) atoms. The number of anilines is 1. The first kappa shape index (κ1) is 24.1. The van der Waals surface area contributed by atoms with Crippen molar-refractivity contribution in [2.45, 2.75) is 40.0 Å². The predicted octanol–water partition coefficient (Wildman–Crippen LogP) is 6.06. The first-order valence-corrected chi connectivity index (χ1v) is 11.3. The van der Waals surface area contributed by atoms with Crippen molar-refractivity contribution in [3.63, 3.8) is 0 Å². The summed E-state index contributed by atoms with van der Waals surface area (Å²) in [4.78, 5) is 20.6. The lowest BCUT2D eigenvalue weighted by molar-refractivity contribution is -0.594. The molecule has 6 nitrogen and oxygen atoms in total. The number of aromatic amines is 1. The van der Waals surface area contributed by atoms with Crippen LogP contribution in [0.5, 0.6) is 0 Å². The zero-order valence-electron chi connectivity index (χ0n) is 19.9. The second kappa shape index (κ2) is 9.29. The van der Waals surface area contributed by atoms with Gasteiger partial charge < -0.3 is 10.5 Å². The monoisotopic (exact) mass is 476 g/mol. The molecule has 0 radical (unpaired) electrons. The molecule has 0 aliphatic rings. The van der Waals surface area contributed by atoms with Gasteiger partial charge in [-0.2, -0.15) is 0 Å². The van der Waals surface area contributed by atoms with Gasteiger partial charge in [-0.3, -0.25) is 4.79 Å². The van der Waals surface area contributed by atoms with Crippen LogP contribution in [-0.2, 0) is 5.92 Å². The van der Waals surface area contributed by atoms with Gasteiger partial charge in [0.1, 0.15) is 0 Å². The van der Waals surface area contributed by atoms with Gasteiger partial charge in [0.25, 0.3) is 11.8 Å². The molecule has 4 aromatic rings. The Morgan fingerprint density at radius 3 is 2.34 bits per heavy atom. The third kappa shape index (κ3) is 4.64. The van der Waals surface area contributed by atoms with Gasteiger partial charge in [-0.1, -0.05) is 43.3 Å². The smallest absolute Gasteiger partial charge is 0.309 e. The summed E-state index contributed by atoms with van der Waals surface area (Å²) >= 11 is 0. The molecule has 0 aliphatic heterocycles. The number of H-pyrrole nitrogens is 1. The number of hydrogen-bond donors (Lipinski definition) is 2. The number of pyridine rings is 1. The molecule has 0 saturated carbocycles. The van der Waals surface area contributed by atoms with E-state index in [9.17, 15) is 18.8 Å². The van der Waals surface area contributed by atoms with Crippen molar-refractivity contribution in [1.82, 2.24) is 9.97 Å². The van der Waals surface area contributed by atoms with Crippen molar-refractivity contribution in [3.8, 4) is 22.8 Å². The lowest BCUT2D eigenvalue weighted by Gasteiger charge is -2.15. The van der Waals surface area contributed by atoms with E-state index >= 15 is 0 Å². The average Bonchev–Trinajstić information content (AvgIpc) is 3.13. The summed E-state index contributed by atoms with van der Waals surface area (Å²) in [7, 11) is 0. The summed E-state index contributed by atoms with van der Waals surface area (Å²) in [6, 6.07) is 16.8. The second-order valence-corrected chi connectivity index (χ2v) is 8.51. The van der Waals surface area contributed by atoms with Crippen LogP contribution in [0.15, 0.2) is 60.7 Å². The van der Waals surface area contributed by atoms with E-state index in [1.54, 1.807) is 19.1 Å². The second-order valence-electron chi connectivity index (χ2n) is 8.51. The van der Waals surface area contributed by atoms with E-state index < -0.39 is 11.8 Å². The Bertz CT molecular complexity index is 1390. The molecule has 0 fully saturated rings. The van der Waals surface area contributed by atoms with Crippen LogP contribution < -0.4 is 10.0 Å². The van der Waals surface area contributed by atoms with Gasteiger partial charge in [0.15, 0.2) is 11.4 Å². The molecule has 0 atom stereocenters. The molecule has 2 aromatic carbocycles. The summed E-state index contributed by atoms with van der Waals surface area (Å²) in [5, 5.41) is 15.7. The van der Waals surface area contributed by atoms with Crippen LogP contribution in [0.1, 0.15) is 46.2 Å². The summed E-state index contributed by atoms with van der Waals surface area (Å²) in [6.07, 6.45) is -0.362. The molecular formula is C27H26F2N4O2. The van der Waals surface area contributed by atoms with E-state index in [0.717, 1.165) is 16.7 Å². The van der Waals surface area contributed by atoms with Crippen LogP contribution in [0.4, 0.5) is 14.5 Å². The minimum Gasteiger partial charge on any atom is -0.710 e. The predicted molar refractivity (Wildman–Crippen MR) is 131 cm³/mol. The molecule has 0 aliphatic carbocycles. The van der Waals surface area contributed by atoms with Crippen molar-refractivity contribution in [1.29, 1.82) is 0 Å². The zero-order valence-corrected chi connectivity index (χ0v) is 19.9. The van der Waals surface area contributed by atoms with Crippen LogP contribution in [-0.4, -0.2) is 15.9 Å². The summed E-state index contributed by atoms with van der Waals surface area (Å²) in [6.45, 7) is 6.98. The highest BCUT2D eigenvalue weighted by Crippen LogP contribution is 2.32. The summed E-state index contributed by atoms with van der Waals surface area (Å²) in [5.74, 6) is -3.60. The number of nitrogens with zero attached hydrogens (tertiary/aromatic N) is 2. The molecule has 2 N–H and O–H groups in total. The number of rotatable bonds is 6. The standard InChI is InChI=1S/C27H26F2N4O2/c1-5-27(28,29)19-11-7-12-20(15-19)31-26(34)24-18(4)30-25(33(24)35)22-14-8-13-21(32-22)23-16(2)9-6-10-17(23)3/h6-15,30H,5H2,1-4H3,(H,31,34). The number of hydrogen-bond acceptors (Lipinski definition) is 3. The quantitative estimate of drug-likeness (QED) is 0.262. The van der Waals surface area contributed by atoms with Crippen molar-refractivity contribution >= 4 is 11.6 Å². The molecule has 8 heteroatoms. The largest absolute Gasteiger partial charge is 0.710 e. The molecule has 180 valence electrons. The van der Waals surface area contributed by atoms with Gasteiger partial charge in [0.05, 0.1) is 5.69 Å². The van der Waals surface area contributed by atoms with E-state index in [4.69, 9.17) is 0 Å². The van der Waals surface area contributed by atoms with Gasteiger partial charge in [-0.05, 0) is 49.2 Å². The number of nitrogens with one attached hydrogen (secondary N) is 2. The fourth-order valence-corrected chi connectivity index (χ4v) is 4.13. The topological polar surface area (TPSA) is 84.7 Å². The number of aromatic nitrogens is 3. The Morgan fingerprint density at radius 1 is 1.03 bits per heavy atom. The number of benzene rings is 2. The molecule has 0 spiro atoms. The van der Waals surface area contributed by atoms with Crippen molar-refractivity contribution in [2.24, 2.45) is 0 Å². The summed E-state index contributed by atoms with van der Waals surface area (Å²) in [5.41, 5.74) is 4.35. The lowest BCUT2D eigenvalue weighted by atomic mass is 9.99. The Morgan fingerprint density at radius 2 is 1.66 bits per heavy atom. The number of halogens is 2. The minimum atomic E-state index is -3.01. The zero-order chi connectivity index (χ0) is 25.3. The van der Waals surface area contributed by atoms with Gasteiger partial charge in [-0.25, -0.2) is 23.5 Å². The molecule has 0 unspecified atom stereocenters. The molecule has 1 amide bonds. The average molecular weight is 477 g/mol. The van der Waals surface area contributed by atoms with Crippen molar-refractivity contribution in [2.75, 3.05) is 5.32 Å². The number of carbonyl (C=O) groups is 1. The first-order chi connectivity index (χ1) is 16.6. The van der Waals surface area contributed by atoms with Crippen LogP contribution in [0.3, 0.4) is 0 Å². The van der Waals surface area contributed by atoms with Gasteiger partial charge in [0.2, 0.25) is 5.69 Å². The molecule has 4 rings (SSSR count). The highest BCUT2D eigenvalue weighted by Gasteiger charge is 2.30. The molecule has 2 heterocycles. The highest BCUT2D eigenvalue weighted by atomic mass is 19.3. The fourth-order valence-electron chi connectivity index (χ4n) is 4.13.